The SMILES string of the molecule is CCCCCCCCCN1C=CN(CC)C1CCCC. The first-order valence-electron chi connectivity index (χ1n) is 9.03. The molecule has 0 N–H and O–H groups in total. The van der Waals surface area contributed by atoms with Gasteiger partial charge in [0.15, 0.2) is 0 Å². The molecule has 1 heterocycles. The summed E-state index contributed by atoms with van der Waals surface area (Å²) < 4.78 is 0. The van der Waals surface area contributed by atoms with Crippen molar-refractivity contribution >= 4 is 0 Å². The molecule has 0 aliphatic carbocycles. The zero-order chi connectivity index (χ0) is 14.6. The molecule has 0 bridgehead atoms. The minimum absolute atomic E-state index is 0.639. The average Bonchev–Trinajstić information content (AvgIpc) is 2.86. The number of rotatable bonds is 12. The fraction of sp³-hybridized carbons (Fsp3) is 0.889. The molecule has 1 aliphatic heterocycles. The quantitative estimate of drug-likeness (QED) is 0.444. The Balaban J connectivity index is 2.15. The van der Waals surface area contributed by atoms with Gasteiger partial charge in [-0.1, -0.05) is 58.8 Å². The molecule has 1 unspecified atom stereocenters. The second-order valence-corrected chi connectivity index (χ2v) is 6.11. The van der Waals surface area contributed by atoms with Crippen LogP contribution >= 0.6 is 0 Å². The van der Waals surface area contributed by atoms with Gasteiger partial charge in [-0.3, -0.25) is 0 Å². The lowest BCUT2D eigenvalue weighted by Gasteiger charge is -2.32. The van der Waals surface area contributed by atoms with E-state index >= 15 is 0 Å². The van der Waals surface area contributed by atoms with Gasteiger partial charge in [0.05, 0.1) is 0 Å². The molecule has 1 atom stereocenters. The first-order valence-corrected chi connectivity index (χ1v) is 9.03. The largest absolute Gasteiger partial charge is 0.356 e. The molecule has 0 saturated carbocycles. The third kappa shape index (κ3) is 6.19. The van der Waals surface area contributed by atoms with E-state index in [1.807, 2.05) is 0 Å². The molecule has 118 valence electrons. The van der Waals surface area contributed by atoms with E-state index in [0.717, 1.165) is 6.54 Å². The van der Waals surface area contributed by atoms with Gasteiger partial charge in [0.1, 0.15) is 6.17 Å². The molecule has 1 aliphatic rings. The van der Waals surface area contributed by atoms with Crippen LogP contribution in [0.3, 0.4) is 0 Å². The van der Waals surface area contributed by atoms with Gasteiger partial charge in [0, 0.05) is 25.5 Å². The Hall–Kier alpha value is -0.660. The van der Waals surface area contributed by atoms with Crippen LogP contribution in [0, 0.1) is 0 Å². The molecule has 0 radical (unpaired) electrons. The van der Waals surface area contributed by atoms with E-state index in [1.165, 1.54) is 70.8 Å². The highest BCUT2D eigenvalue weighted by Gasteiger charge is 2.23. The molecule has 0 amide bonds. The lowest BCUT2D eigenvalue weighted by atomic mass is 10.1. The molecular weight excluding hydrogens is 244 g/mol. The van der Waals surface area contributed by atoms with E-state index in [2.05, 4.69) is 43.0 Å². The Bertz CT molecular complexity index is 250. The summed E-state index contributed by atoms with van der Waals surface area (Å²) in [6.07, 6.45) is 19.0. The van der Waals surface area contributed by atoms with Crippen LogP contribution in [0.4, 0.5) is 0 Å². The third-order valence-corrected chi connectivity index (χ3v) is 4.42. The van der Waals surface area contributed by atoms with Crippen LogP contribution < -0.4 is 0 Å². The van der Waals surface area contributed by atoms with Crippen LogP contribution in [-0.2, 0) is 0 Å². The Kier molecular flexibility index (Phi) is 9.61. The zero-order valence-electron chi connectivity index (χ0n) is 14.1. The molecule has 20 heavy (non-hydrogen) atoms. The molecular formula is C18H36N2. The molecule has 0 aromatic heterocycles. The van der Waals surface area contributed by atoms with Crippen molar-refractivity contribution in [3.8, 4) is 0 Å². The van der Waals surface area contributed by atoms with E-state index in [9.17, 15) is 0 Å². The summed E-state index contributed by atoms with van der Waals surface area (Å²) in [6.45, 7) is 9.23. The Morgan fingerprint density at radius 1 is 0.700 bits per heavy atom. The van der Waals surface area contributed by atoms with Crippen molar-refractivity contribution in [1.82, 2.24) is 9.80 Å². The monoisotopic (exact) mass is 280 g/mol. The van der Waals surface area contributed by atoms with Gasteiger partial charge in [-0.15, -0.1) is 0 Å². The Morgan fingerprint density at radius 2 is 1.30 bits per heavy atom. The molecule has 0 fully saturated rings. The van der Waals surface area contributed by atoms with E-state index in [4.69, 9.17) is 0 Å². The van der Waals surface area contributed by atoms with Gasteiger partial charge in [-0.25, -0.2) is 0 Å². The normalized spacial score (nSPS) is 18.2. The minimum atomic E-state index is 0.639. The van der Waals surface area contributed by atoms with Gasteiger partial charge in [0.2, 0.25) is 0 Å². The van der Waals surface area contributed by atoms with Crippen molar-refractivity contribution in [1.29, 1.82) is 0 Å². The molecule has 0 aromatic carbocycles. The van der Waals surface area contributed by atoms with Crippen molar-refractivity contribution in [3.05, 3.63) is 12.4 Å². The first kappa shape index (κ1) is 17.4. The summed E-state index contributed by atoms with van der Waals surface area (Å²) >= 11 is 0. The average molecular weight is 281 g/mol. The summed E-state index contributed by atoms with van der Waals surface area (Å²) in [7, 11) is 0. The maximum absolute atomic E-state index is 2.57. The van der Waals surface area contributed by atoms with Crippen molar-refractivity contribution < 1.29 is 0 Å². The standard InChI is InChI=1S/C18H36N2/c1-4-7-9-10-11-12-13-15-20-17-16-19(6-3)18(20)14-8-5-2/h16-18H,4-15H2,1-3H3. The zero-order valence-corrected chi connectivity index (χ0v) is 14.1. The second-order valence-electron chi connectivity index (χ2n) is 6.11. The maximum Gasteiger partial charge on any atom is 0.101 e. The van der Waals surface area contributed by atoms with Gasteiger partial charge in [0.25, 0.3) is 0 Å². The van der Waals surface area contributed by atoms with Crippen LogP contribution in [0.25, 0.3) is 0 Å². The van der Waals surface area contributed by atoms with Crippen molar-refractivity contribution in [2.45, 2.75) is 91.1 Å². The van der Waals surface area contributed by atoms with Crippen LogP contribution in [0.2, 0.25) is 0 Å². The highest BCUT2D eigenvalue weighted by molar-refractivity contribution is 4.96. The van der Waals surface area contributed by atoms with E-state index in [0.29, 0.717) is 6.17 Å². The predicted octanol–water partition coefficient (Wildman–Crippen LogP) is 5.36. The van der Waals surface area contributed by atoms with Gasteiger partial charge < -0.3 is 9.80 Å². The number of hydrogen-bond acceptors (Lipinski definition) is 2. The molecule has 0 spiro atoms. The van der Waals surface area contributed by atoms with Crippen molar-refractivity contribution in [3.63, 3.8) is 0 Å². The fourth-order valence-corrected chi connectivity index (χ4v) is 3.07. The predicted molar refractivity (Wildman–Crippen MR) is 89.5 cm³/mol. The number of unbranched alkanes of at least 4 members (excludes halogenated alkanes) is 7. The lowest BCUT2D eigenvalue weighted by molar-refractivity contribution is 0.143. The minimum Gasteiger partial charge on any atom is -0.356 e. The summed E-state index contributed by atoms with van der Waals surface area (Å²) in [4.78, 5) is 5.07. The number of nitrogens with zero attached hydrogens (tertiary/aromatic N) is 2. The molecule has 0 saturated heterocycles. The summed E-state index contributed by atoms with van der Waals surface area (Å²) in [6, 6.07) is 0. The van der Waals surface area contributed by atoms with Crippen LogP contribution in [0.1, 0.15) is 85.0 Å². The van der Waals surface area contributed by atoms with E-state index in [-0.39, 0.29) is 0 Å². The van der Waals surface area contributed by atoms with E-state index < -0.39 is 0 Å². The van der Waals surface area contributed by atoms with Crippen molar-refractivity contribution in [2.75, 3.05) is 13.1 Å². The van der Waals surface area contributed by atoms with Crippen LogP contribution in [0.15, 0.2) is 12.4 Å². The molecule has 0 aromatic rings. The molecule has 2 heteroatoms. The molecule has 1 rings (SSSR count). The highest BCUT2D eigenvalue weighted by Crippen LogP contribution is 2.21. The van der Waals surface area contributed by atoms with Crippen LogP contribution in [0.5, 0.6) is 0 Å². The second kappa shape index (κ2) is 11.0. The summed E-state index contributed by atoms with van der Waals surface area (Å²) in [5.41, 5.74) is 0. The van der Waals surface area contributed by atoms with Crippen LogP contribution in [-0.4, -0.2) is 29.1 Å². The number of hydrogen-bond donors (Lipinski definition) is 0. The summed E-state index contributed by atoms with van der Waals surface area (Å²) in [5.74, 6) is 0. The maximum atomic E-state index is 2.57. The van der Waals surface area contributed by atoms with Crippen molar-refractivity contribution in [2.24, 2.45) is 0 Å². The van der Waals surface area contributed by atoms with Gasteiger partial charge >= 0.3 is 0 Å². The van der Waals surface area contributed by atoms with Gasteiger partial charge in [-0.05, 0) is 26.2 Å². The lowest BCUT2D eigenvalue weighted by Crippen LogP contribution is -2.38. The first-order chi connectivity index (χ1) is 9.83. The fourth-order valence-electron chi connectivity index (χ4n) is 3.07. The summed E-state index contributed by atoms with van der Waals surface area (Å²) in [5, 5.41) is 0. The topological polar surface area (TPSA) is 6.48 Å². The Morgan fingerprint density at radius 3 is 1.95 bits per heavy atom. The highest BCUT2D eigenvalue weighted by atomic mass is 15.4. The smallest absolute Gasteiger partial charge is 0.101 e. The third-order valence-electron chi connectivity index (χ3n) is 4.42. The molecule has 2 nitrogen and oxygen atoms in total. The Labute approximate surface area is 127 Å². The van der Waals surface area contributed by atoms with E-state index in [1.54, 1.807) is 0 Å². The van der Waals surface area contributed by atoms with Gasteiger partial charge in [-0.2, -0.15) is 0 Å².